The van der Waals surface area contributed by atoms with Crippen molar-refractivity contribution >= 4 is 11.9 Å². The first kappa shape index (κ1) is 22.1. The molecule has 0 aliphatic carbocycles. The van der Waals surface area contributed by atoms with Gasteiger partial charge >= 0.3 is 5.97 Å². The molecule has 1 N–H and O–H groups in total. The molecule has 0 bridgehead atoms. The van der Waals surface area contributed by atoms with Crippen LogP contribution in [0.2, 0.25) is 0 Å². The highest BCUT2D eigenvalue weighted by Crippen LogP contribution is 2.25. The number of likely N-dealkylation sites (N-methyl/N-ethyl adjacent to an activating group) is 1. The van der Waals surface area contributed by atoms with Gasteiger partial charge in [0, 0.05) is 25.2 Å². The first-order chi connectivity index (χ1) is 13.4. The molecule has 0 saturated carbocycles. The Labute approximate surface area is 165 Å². The van der Waals surface area contributed by atoms with Gasteiger partial charge in [0.05, 0.1) is 25.6 Å². The number of nitrogens with zero attached hydrogens (tertiary/aromatic N) is 3. The first-order valence-corrected chi connectivity index (χ1v) is 9.60. The lowest BCUT2D eigenvalue weighted by Gasteiger charge is -2.33. The standard InChI is InChI=1S/C20H30F2N4O2/c1-5-23-20(26-11-9-14(10-12-26)19(27)28-4)24-13-17(25(2)3)18-15(21)7-6-8-16(18)22/h6-8,14,17H,5,9-13H2,1-4H3,(H,23,24). The maximum absolute atomic E-state index is 14.3. The fourth-order valence-corrected chi connectivity index (χ4v) is 3.43. The zero-order valence-corrected chi connectivity index (χ0v) is 17.0. The summed E-state index contributed by atoms with van der Waals surface area (Å²) in [6.45, 7) is 4.20. The second kappa shape index (κ2) is 10.4. The molecule has 1 aliphatic rings. The van der Waals surface area contributed by atoms with Gasteiger partial charge in [-0.1, -0.05) is 6.07 Å². The molecule has 1 heterocycles. The quantitative estimate of drug-likeness (QED) is 0.455. The minimum atomic E-state index is -0.571. The zero-order chi connectivity index (χ0) is 20.7. The predicted molar refractivity (Wildman–Crippen MR) is 105 cm³/mol. The van der Waals surface area contributed by atoms with Crippen molar-refractivity contribution in [1.82, 2.24) is 15.1 Å². The molecule has 1 aromatic rings. The van der Waals surface area contributed by atoms with Crippen LogP contribution >= 0.6 is 0 Å². The van der Waals surface area contributed by atoms with Crippen LogP contribution in [0.25, 0.3) is 0 Å². The van der Waals surface area contributed by atoms with Gasteiger partial charge in [-0.15, -0.1) is 0 Å². The number of benzene rings is 1. The number of hydrogen-bond donors (Lipinski definition) is 1. The molecule has 8 heteroatoms. The lowest BCUT2D eigenvalue weighted by molar-refractivity contribution is -0.146. The monoisotopic (exact) mass is 396 g/mol. The highest BCUT2D eigenvalue weighted by atomic mass is 19.1. The molecule has 0 spiro atoms. The minimum Gasteiger partial charge on any atom is -0.469 e. The number of guanidine groups is 1. The summed E-state index contributed by atoms with van der Waals surface area (Å²) in [5.74, 6) is -0.722. The van der Waals surface area contributed by atoms with Crippen LogP contribution < -0.4 is 5.32 Å². The molecule has 1 saturated heterocycles. The topological polar surface area (TPSA) is 57.2 Å². The summed E-state index contributed by atoms with van der Waals surface area (Å²) in [6, 6.07) is 3.37. The van der Waals surface area contributed by atoms with Crippen molar-refractivity contribution in [1.29, 1.82) is 0 Å². The number of carbonyl (C=O) groups excluding carboxylic acids is 1. The number of rotatable bonds is 6. The molecule has 1 aromatic carbocycles. The average Bonchev–Trinajstić information content (AvgIpc) is 2.68. The van der Waals surface area contributed by atoms with E-state index in [4.69, 9.17) is 4.74 Å². The van der Waals surface area contributed by atoms with Crippen molar-refractivity contribution < 1.29 is 18.3 Å². The Morgan fingerprint density at radius 2 is 1.93 bits per heavy atom. The van der Waals surface area contributed by atoms with E-state index in [9.17, 15) is 13.6 Å². The van der Waals surface area contributed by atoms with Crippen molar-refractivity contribution in [3.63, 3.8) is 0 Å². The van der Waals surface area contributed by atoms with Gasteiger partial charge < -0.3 is 19.9 Å². The Morgan fingerprint density at radius 3 is 2.43 bits per heavy atom. The molecular formula is C20H30F2N4O2. The maximum atomic E-state index is 14.3. The number of likely N-dealkylation sites (tertiary alicyclic amines) is 1. The van der Waals surface area contributed by atoms with Gasteiger partial charge in [0.15, 0.2) is 5.96 Å². The lowest BCUT2D eigenvalue weighted by Crippen LogP contribution is -2.47. The lowest BCUT2D eigenvalue weighted by atomic mass is 9.97. The number of hydrogen-bond acceptors (Lipinski definition) is 4. The Kier molecular flexibility index (Phi) is 8.17. The molecule has 6 nitrogen and oxygen atoms in total. The minimum absolute atomic E-state index is 0.0245. The van der Waals surface area contributed by atoms with E-state index in [0.29, 0.717) is 38.4 Å². The summed E-state index contributed by atoms with van der Waals surface area (Å²) in [7, 11) is 4.96. The molecule has 156 valence electrons. The van der Waals surface area contributed by atoms with Crippen molar-refractivity contribution in [3.8, 4) is 0 Å². The highest BCUT2D eigenvalue weighted by Gasteiger charge is 2.28. The summed E-state index contributed by atoms with van der Waals surface area (Å²) < 4.78 is 33.3. The van der Waals surface area contributed by atoms with E-state index in [1.165, 1.54) is 25.3 Å². The van der Waals surface area contributed by atoms with E-state index in [-0.39, 0.29) is 24.0 Å². The van der Waals surface area contributed by atoms with Gasteiger partial charge in [0.25, 0.3) is 0 Å². The number of methoxy groups -OCH3 is 1. The highest BCUT2D eigenvalue weighted by molar-refractivity contribution is 5.80. The van der Waals surface area contributed by atoms with Gasteiger partial charge in [0.2, 0.25) is 0 Å². The Balaban J connectivity index is 2.15. The van der Waals surface area contributed by atoms with Crippen LogP contribution in [0, 0.1) is 17.6 Å². The maximum Gasteiger partial charge on any atom is 0.308 e. The van der Waals surface area contributed by atoms with Gasteiger partial charge in [-0.05, 0) is 46.0 Å². The fraction of sp³-hybridized carbons (Fsp3) is 0.600. The molecular weight excluding hydrogens is 366 g/mol. The second-order valence-corrected chi connectivity index (χ2v) is 7.09. The molecule has 0 radical (unpaired) electrons. The van der Waals surface area contributed by atoms with E-state index in [1.807, 2.05) is 6.92 Å². The van der Waals surface area contributed by atoms with Crippen LogP contribution in [0.3, 0.4) is 0 Å². The van der Waals surface area contributed by atoms with Crippen LogP contribution in [0.4, 0.5) is 8.78 Å². The van der Waals surface area contributed by atoms with Gasteiger partial charge in [-0.2, -0.15) is 0 Å². The fourth-order valence-electron chi connectivity index (χ4n) is 3.43. The normalized spacial score (nSPS) is 17.0. The molecule has 1 fully saturated rings. The van der Waals surface area contributed by atoms with Crippen molar-refractivity contribution in [2.24, 2.45) is 10.9 Å². The number of halogens is 2. The summed E-state index contributed by atoms with van der Waals surface area (Å²) in [4.78, 5) is 20.2. The third-order valence-corrected chi connectivity index (χ3v) is 5.03. The van der Waals surface area contributed by atoms with Crippen LogP contribution in [0.5, 0.6) is 0 Å². The van der Waals surface area contributed by atoms with Crippen molar-refractivity contribution in [2.45, 2.75) is 25.8 Å². The van der Waals surface area contributed by atoms with Crippen LogP contribution in [-0.4, -0.2) is 69.1 Å². The van der Waals surface area contributed by atoms with E-state index < -0.39 is 17.7 Å². The number of piperidine rings is 1. The average molecular weight is 396 g/mol. The van der Waals surface area contributed by atoms with Crippen LogP contribution in [-0.2, 0) is 9.53 Å². The number of carbonyl (C=O) groups is 1. The van der Waals surface area contributed by atoms with E-state index in [2.05, 4.69) is 15.2 Å². The third kappa shape index (κ3) is 5.41. The summed E-state index contributed by atoms with van der Waals surface area (Å²) in [6.07, 6.45) is 1.38. The molecule has 1 atom stereocenters. The number of esters is 1. The second-order valence-electron chi connectivity index (χ2n) is 7.09. The molecule has 0 amide bonds. The van der Waals surface area contributed by atoms with Gasteiger partial charge in [-0.25, -0.2) is 8.78 Å². The van der Waals surface area contributed by atoms with E-state index in [1.54, 1.807) is 19.0 Å². The first-order valence-electron chi connectivity index (χ1n) is 9.60. The van der Waals surface area contributed by atoms with Crippen molar-refractivity contribution in [2.75, 3.05) is 47.4 Å². The molecule has 2 rings (SSSR count). The summed E-state index contributed by atoms with van der Waals surface area (Å²) in [5.41, 5.74) is 0.0245. The molecule has 0 aromatic heterocycles. The smallest absolute Gasteiger partial charge is 0.308 e. The largest absolute Gasteiger partial charge is 0.469 e. The third-order valence-electron chi connectivity index (χ3n) is 5.03. The Hall–Kier alpha value is -2.22. The summed E-state index contributed by atoms with van der Waals surface area (Å²) in [5, 5.41) is 3.24. The Bertz CT molecular complexity index is 669. The SMILES string of the molecule is CCNC(=NCC(c1c(F)cccc1F)N(C)C)N1CCC(C(=O)OC)CC1. The number of ether oxygens (including phenoxy) is 1. The molecule has 1 aliphatic heterocycles. The van der Waals surface area contributed by atoms with Gasteiger partial charge in [-0.3, -0.25) is 9.79 Å². The van der Waals surface area contributed by atoms with E-state index in [0.717, 1.165) is 0 Å². The van der Waals surface area contributed by atoms with Crippen LogP contribution in [0.15, 0.2) is 23.2 Å². The van der Waals surface area contributed by atoms with Gasteiger partial charge in [0.1, 0.15) is 11.6 Å². The van der Waals surface area contributed by atoms with Crippen molar-refractivity contribution in [3.05, 3.63) is 35.4 Å². The Morgan fingerprint density at radius 1 is 1.32 bits per heavy atom. The zero-order valence-electron chi connectivity index (χ0n) is 17.0. The molecule has 1 unspecified atom stereocenters. The summed E-state index contributed by atoms with van der Waals surface area (Å²) >= 11 is 0. The predicted octanol–water partition coefficient (Wildman–Crippen LogP) is 2.42. The number of aliphatic imine (C=N–C) groups is 1. The molecule has 28 heavy (non-hydrogen) atoms. The van der Waals surface area contributed by atoms with E-state index >= 15 is 0 Å². The van der Waals surface area contributed by atoms with Crippen LogP contribution in [0.1, 0.15) is 31.4 Å². The number of nitrogens with one attached hydrogen (secondary N) is 1.